The van der Waals surface area contributed by atoms with Crippen molar-refractivity contribution in [2.75, 3.05) is 13.1 Å². The van der Waals surface area contributed by atoms with Gasteiger partial charge in [0.05, 0.1) is 0 Å². The fourth-order valence-corrected chi connectivity index (χ4v) is 3.81. The van der Waals surface area contributed by atoms with Crippen molar-refractivity contribution in [3.05, 3.63) is 51.6 Å². The molecule has 23 heavy (non-hydrogen) atoms. The number of thiazole rings is 1. The van der Waals surface area contributed by atoms with Crippen LogP contribution in [-0.2, 0) is 0 Å². The Hall–Kier alpha value is -2.48. The van der Waals surface area contributed by atoms with Gasteiger partial charge in [0.25, 0.3) is 11.5 Å². The van der Waals surface area contributed by atoms with Gasteiger partial charge in [0.1, 0.15) is 5.69 Å². The van der Waals surface area contributed by atoms with E-state index in [0.717, 1.165) is 18.5 Å². The molecule has 8 heteroatoms. The molecular formula is C15H15N5O2S. The maximum absolute atomic E-state index is 12.9. The van der Waals surface area contributed by atoms with Gasteiger partial charge in [0, 0.05) is 48.5 Å². The van der Waals surface area contributed by atoms with E-state index < -0.39 is 0 Å². The first kappa shape index (κ1) is 14.1. The lowest BCUT2D eigenvalue weighted by atomic mass is 9.95. The lowest BCUT2D eigenvalue weighted by molar-refractivity contribution is 0.0698. The summed E-state index contributed by atoms with van der Waals surface area (Å²) in [4.78, 5) is 30.9. The average molecular weight is 329 g/mol. The number of amides is 1. The molecule has 0 radical (unpaired) electrons. The minimum Gasteiger partial charge on any atom is -0.337 e. The molecule has 0 saturated carbocycles. The molecule has 0 unspecified atom stereocenters. The summed E-state index contributed by atoms with van der Waals surface area (Å²) in [6, 6.07) is 3.27. The van der Waals surface area contributed by atoms with Crippen LogP contribution in [0.15, 0.2) is 34.7 Å². The third kappa shape index (κ3) is 2.55. The average Bonchev–Trinajstić information content (AvgIpc) is 3.24. The number of carbonyl (C=O) groups excluding carboxylic acids is 1. The Kier molecular flexibility index (Phi) is 3.45. The molecule has 1 saturated heterocycles. The summed E-state index contributed by atoms with van der Waals surface area (Å²) in [6.45, 7) is 1.33. The van der Waals surface area contributed by atoms with E-state index in [4.69, 9.17) is 0 Å². The van der Waals surface area contributed by atoms with Crippen LogP contribution >= 0.6 is 11.3 Å². The number of likely N-dealkylation sites (tertiary alicyclic amines) is 1. The molecule has 3 aromatic heterocycles. The number of piperidine rings is 1. The largest absolute Gasteiger partial charge is 0.337 e. The number of carbonyl (C=O) groups is 1. The zero-order valence-corrected chi connectivity index (χ0v) is 13.1. The molecule has 1 aliphatic heterocycles. The van der Waals surface area contributed by atoms with Gasteiger partial charge in [0.15, 0.2) is 4.96 Å². The first-order chi connectivity index (χ1) is 11.2. The van der Waals surface area contributed by atoms with Crippen LogP contribution in [0.1, 0.15) is 34.9 Å². The quantitative estimate of drug-likeness (QED) is 0.772. The molecule has 1 aliphatic rings. The molecular weight excluding hydrogens is 314 g/mol. The Morgan fingerprint density at radius 2 is 2.35 bits per heavy atom. The highest BCUT2D eigenvalue weighted by Gasteiger charge is 2.27. The summed E-state index contributed by atoms with van der Waals surface area (Å²) in [5.74, 6) is 0.133. The minimum absolute atomic E-state index is 0.123. The molecule has 118 valence electrons. The molecule has 1 fully saturated rings. The van der Waals surface area contributed by atoms with E-state index in [-0.39, 0.29) is 17.4 Å². The highest BCUT2D eigenvalue weighted by molar-refractivity contribution is 7.15. The lowest BCUT2D eigenvalue weighted by Gasteiger charge is -2.32. The third-order valence-electron chi connectivity index (χ3n) is 4.20. The van der Waals surface area contributed by atoms with Crippen molar-refractivity contribution in [3.63, 3.8) is 0 Å². The van der Waals surface area contributed by atoms with E-state index in [1.165, 1.54) is 17.4 Å². The van der Waals surface area contributed by atoms with Crippen LogP contribution in [0.3, 0.4) is 0 Å². The van der Waals surface area contributed by atoms with Gasteiger partial charge >= 0.3 is 0 Å². The van der Waals surface area contributed by atoms with Gasteiger partial charge in [-0.2, -0.15) is 10.1 Å². The maximum Gasteiger partial charge on any atom is 0.274 e. The first-order valence-corrected chi connectivity index (χ1v) is 8.36. The van der Waals surface area contributed by atoms with E-state index in [2.05, 4.69) is 15.2 Å². The summed E-state index contributed by atoms with van der Waals surface area (Å²) in [5, 5.41) is 8.80. The van der Waals surface area contributed by atoms with Crippen molar-refractivity contribution in [3.8, 4) is 0 Å². The van der Waals surface area contributed by atoms with Crippen molar-refractivity contribution in [2.45, 2.75) is 18.8 Å². The number of aromatic amines is 1. The molecule has 0 spiro atoms. The number of hydrogen-bond donors (Lipinski definition) is 1. The molecule has 1 amide bonds. The standard InChI is InChI=1S/C15H15N5O2S/c21-13-8-12(20-6-7-23-15(20)17-13)14(22)19-5-1-2-10(9-19)11-3-4-16-18-11/h3-4,6-8,10H,1-2,5,9H2,(H,16,18)/t10-/m1/s1. The number of nitrogens with zero attached hydrogens (tertiary/aromatic N) is 4. The highest BCUT2D eigenvalue weighted by Crippen LogP contribution is 2.26. The predicted molar refractivity (Wildman–Crippen MR) is 85.8 cm³/mol. The van der Waals surface area contributed by atoms with Crippen LogP contribution in [0.25, 0.3) is 4.96 Å². The van der Waals surface area contributed by atoms with Crippen molar-refractivity contribution in [1.82, 2.24) is 24.5 Å². The van der Waals surface area contributed by atoms with Gasteiger partial charge in [0.2, 0.25) is 0 Å². The molecule has 1 N–H and O–H groups in total. The molecule has 4 heterocycles. The van der Waals surface area contributed by atoms with Crippen LogP contribution < -0.4 is 5.56 Å². The number of fused-ring (bicyclic) bond motifs is 1. The molecule has 1 atom stereocenters. The first-order valence-electron chi connectivity index (χ1n) is 7.48. The van der Waals surface area contributed by atoms with Crippen LogP contribution in [0.4, 0.5) is 0 Å². The van der Waals surface area contributed by atoms with Gasteiger partial charge in [-0.1, -0.05) is 0 Å². The molecule has 7 nitrogen and oxygen atoms in total. The van der Waals surface area contributed by atoms with E-state index in [1.807, 2.05) is 16.3 Å². The second-order valence-electron chi connectivity index (χ2n) is 5.64. The van der Waals surface area contributed by atoms with E-state index in [9.17, 15) is 9.59 Å². The molecule has 0 aromatic carbocycles. The number of H-pyrrole nitrogens is 1. The SMILES string of the molecule is O=C(c1cc(=O)nc2sccn12)N1CCC[C@@H](c2ccn[nH]2)C1. The van der Waals surface area contributed by atoms with Crippen LogP contribution in [-0.4, -0.2) is 43.5 Å². The zero-order chi connectivity index (χ0) is 15.8. The zero-order valence-electron chi connectivity index (χ0n) is 12.3. The summed E-state index contributed by atoms with van der Waals surface area (Å²) in [6.07, 6.45) is 5.46. The van der Waals surface area contributed by atoms with Crippen LogP contribution in [0.5, 0.6) is 0 Å². The Morgan fingerprint density at radius 1 is 1.43 bits per heavy atom. The summed E-state index contributed by atoms with van der Waals surface area (Å²) in [5.41, 5.74) is 1.06. The topological polar surface area (TPSA) is 83.4 Å². The predicted octanol–water partition coefficient (Wildman–Crippen LogP) is 1.50. The number of hydrogen-bond acceptors (Lipinski definition) is 5. The summed E-state index contributed by atoms with van der Waals surface area (Å²) in [7, 11) is 0. The Morgan fingerprint density at radius 3 is 3.17 bits per heavy atom. The molecule has 0 aliphatic carbocycles. The van der Waals surface area contributed by atoms with Gasteiger partial charge < -0.3 is 4.90 Å². The second-order valence-corrected chi connectivity index (χ2v) is 6.51. The number of rotatable bonds is 2. The lowest BCUT2D eigenvalue weighted by Crippen LogP contribution is -2.40. The maximum atomic E-state index is 12.9. The van der Waals surface area contributed by atoms with Gasteiger partial charge in [-0.3, -0.25) is 19.1 Å². The molecule has 0 bridgehead atoms. The van der Waals surface area contributed by atoms with E-state index >= 15 is 0 Å². The summed E-state index contributed by atoms with van der Waals surface area (Å²) >= 11 is 1.35. The van der Waals surface area contributed by atoms with Crippen LogP contribution in [0.2, 0.25) is 0 Å². The Bertz CT molecular complexity index is 898. The smallest absolute Gasteiger partial charge is 0.274 e. The normalized spacial score (nSPS) is 18.4. The minimum atomic E-state index is -0.377. The second kappa shape index (κ2) is 5.62. The fourth-order valence-electron chi connectivity index (χ4n) is 3.09. The van der Waals surface area contributed by atoms with Crippen molar-refractivity contribution >= 4 is 22.2 Å². The van der Waals surface area contributed by atoms with Crippen LogP contribution in [0, 0.1) is 0 Å². The van der Waals surface area contributed by atoms with Crippen molar-refractivity contribution < 1.29 is 4.79 Å². The number of aromatic nitrogens is 4. The summed E-state index contributed by atoms with van der Waals surface area (Å²) < 4.78 is 1.69. The number of nitrogens with one attached hydrogen (secondary N) is 1. The van der Waals surface area contributed by atoms with Gasteiger partial charge in [-0.25, -0.2) is 0 Å². The fraction of sp³-hybridized carbons (Fsp3) is 0.333. The van der Waals surface area contributed by atoms with E-state index in [1.54, 1.807) is 16.8 Å². The van der Waals surface area contributed by atoms with E-state index in [0.29, 0.717) is 23.7 Å². The highest BCUT2D eigenvalue weighted by atomic mass is 32.1. The molecule has 4 rings (SSSR count). The third-order valence-corrected chi connectivity index (χ3v) is 4.96. The van der Waals surface area contributed by atoms with Crippen molar-refractivity contribution in [2.24, 2.45) is 0 Å². The molecule has 3 aromatic rings. The van der Waals surface area contributed by atoms with Gasteiger partial charge in [-0.05, 0) is 18.9 Å². The monoisotopic (exact) mass is 329 g/mol. The van der Waals surface area contributed by atoms with Gasteiger partial charge in [-0.15, -0.1) is 11.3 Å². The Balaban J connectivity index is 1.65. The Labute approximate surface area is 135 Å². The van der Waals surface area contributed by atoms with Crippen molar-refractivity contribution in [1.29, 1.82) is 0 Å².